The lowest BCUT2D eigenvalue weighted by Crippen LogP contribution is -2.12. The zero-order chi connectivity index (χ0) is 19.0. The number of hydrogen-bond donors (Lipinski definition) is 2. The van der Waals surface area contributed by atoms with E-state index in [0.29, 0.717) is 0 Å². The summed E-state index contributed by atoms with van der Waals surface area (Å²) in [6.07, 6.45) is 7.27. The minimum atomic E-state index is -4.01. The van der Waals surface area contributed by atoms with Crippen molar-refractivity contribution in [2.45, 2.75) is 38.5 Å². The minimum absolute atomic E-state index is 0.0734. The van der Waals surface area contributed by atoms with Crippen molar-refractivity contribution in [2.75, 3.05) is 5.43 Å². The zero-order valence-electron chi connectivity index (χ0n) is 14.4. The number of nitro groups is 1. The van der Waals surface area contributed by atoms with Crippen LogP contribution >= 0.6 is 0 Å². The Kier molecular flexibility index (Phi) is 7.46. The third kappa shape index (κ3) is 7.27. The maximum atomic E-state index is 11.3. The van der Waals surface area contributed by atoms with Crippen LogP contribution < -0.4 is 10.6 Å². The van der Waals surface area contributed by atoms with Gasteiger partial charge in [-0.15, -0.1) is 0 Å². The van der Waals surface area contributed by atoms with E-state index in [1.807, 2.05) is 20.8 Å². The van der Waals surface area contributed by atoms with Gasteiger partial charge in [-0.2, -0.15) is 5.10 Å². The maximum Gasteiger partial charge on any atom is 0.295 e. The Hall–Kier alpha value is -2.52. The normalized spacial score (nSPS) is 12.2. The van der Waals surface area contributed by atoms with Crippen molar-refractivity contribution in [3.8, 4) is 0 Å². The molecule has 1 rings (SSSR count). The van der Waals surface area contributed by atoms with Crippen LogP contribution in [0.3, 0.4) is 0 Å². The highest BCUT2D eigenvalue weighted by molar-refractivity contribution is 7.89. The molecule has 0 atom stereocenters. The van der Waals surface area contributed by atoms with E-state index in [0.717, 1.165) is 24.5 Å². The molecule has 0 fully saturated rings. The van der Waals surface area contributed by atoms with Crippen molar-refractivity contribution in [1.29, 1.82) is 0 Å². The average molecular weight is 366 g/mol. The molecule has 8 nitrogen and oxygen atoms in total. The molecule has 9 heteroatoms. The fourth-order valence-electron chi connectivity index (χ4n) is 1.88. The fraction of sp³-hybridized carbons (Fsp3) is 0.312. The first-order chi connectivity index (χ1) is 11.6. The molecule has 0 aliphatic rings. The smallest absolute Gasteiger partial charge is 0.272 e. The van der Waals surface area contributed by atoms with E-state index in [2.05, 4.69) is 16.6 Å². The van der Waals surface area contributed by atoms with Crippen LogP contribution in [0.4, 0.5) is 11.4 Å². The van der Waals surface area contributed by atoms with Crippen LogP contribution in [-0.4, -0.2) is 19.6 Å². The van der Waals surface area contributed by atoms with Crippen molar-refractivity contribution in [2.24, 2.45) is 10.2 Å². The lowest BCUT2D eigenvalue weighted by Gasteiger charge is -2.04. The third-order valence-corrected chi connectivity index (χ3v) is 4.12. The highest BCUT2D eigenvalue weighted by Gasteiger charge is 2.18. The van der Waals surface area contributed by atoms with Crippen LogP contribution in [0.25, 0.3) is 0 Å². The molecular formula is C16H22N4O4S. The van der Waals surface area contributed by atoms with Gasteiger partial charge in [-0.05, 0) is 51.8 Å². The Morgan fingerprint density at radius 2 is 2.04 bits per heavy atom. The predicted octanol–water partition coefficient (Wildman–Crippen LogP) is 3.33. The Morgan fingerprint density at radius 1 is 1.36 bits per heavy atom. The van der Waals surface area contributed by atoms with Gasteiger partial charge in [-0.25, -0.2) is 13.6 Å². The number of rotatable bonds is 8. The van der Waals surface area contributed by atoms with E-state index in [-0.39, 0.29) is 10.6 Å². The molecule has 25 heavy (non-hydrogen) atoms. The lowest BCUT2D eigenvalue weighted by molar-refractivity contribution is -0.384. The van der Waals surface area contributed by atoms with Crippen molar-refractivity contribution in [3.63, 3.8) is 0 Å². The summed E-state index contributed by atoms with van der Waals surface area (Å²) in [5.74, 6) is 0. The number of sulfonamides is 1. The van der Waals surface area contributed by atoms with Crippen LogP contribution in [0.15, 0.2) is 51.5 Å². The third-order valence-electron chi connectivity index (χ3n) is 3.20. The molecule has 0 aromatic heterocycles. The fourth-order valence-corrected chi connectivity index (χ4v) is 2.41. The molecule has 1 aromatic carbocycles. The quantitative estimate of drug-likeness (QED) is 0.316. The van der Waals surface area contributed by atoms with Crippen LogP contribution in [0.2, 0.25) is 0 Å². The van der Waals surface area contributed by atoms with Gasteiger partial charge < -0.3 is 0 Å². The second-order valence-electron chi connectivity index (χ2n) is 5.70. The summed E-state index contributed by atoms with van der Waals surface area (Å²) in [4.78, 5) is 10.0. The van der Waals surface area contributed by atoms with E-state index in [1.165, 1.54) is 23.9 Å². The molecule has 3 N–H and O–H groups in total. The number of primary sulfonamides is 1. The summed E-state index contributed by atoms with van der Waals surface area (Å²) in [5, 5.41) is 20.0. The Balaban J connectivity index is 2.83. The molecule has 0 aliphatic carbocycles. The van der Waals surface area contributed by atoms with Crippen molar-refractivity contribution in [3.05, 3.63) is 51.6 Å². The second-order valence-corrected chi connectivity index (χ2v) is 7.27. The summed E-state index contributed by atoms with van der Waals surface area (Å²) in [6.45, 7) is 6.05. The number of nitrogens with one attached hydrogen (secondary N) is 1. The number of hydrogen-bond acceptors (Lipinski definition) is 6. The molecule has 0 amide bonds. The standard InChI is InChI=1S/C16H22N4O4S/c1-12(2)5-4-6-13(3)9-10-18-19-15-8-7-14(25(17,23)24)11-16(15)20(21)22/h5,7-11,19H,4,6H2,1-3H3,(H2,17,23,24). The van der Waals surface area contributed by atoms with Crippen molar-refractivity contribution >= 4 is 27.6 Å². The van der Waals surface area contributed by atoms with Crippen LogP contribution in [0.5, 0.6) is 0 Å². The number of nitrogens with two attached hydrogens (primary N) is 1. The predicted molar refractivity (Wildman–Crippen MR) is 99.0 cm³/mol. The Labute approximate surface area is 147 Å². The monoisotopic (exact) mass is 366 g/mol. The van der Waals surface area contributed by atoms with Gasteiger partial charge >= 0.3 is 0 Å². The van der Waals surface area contributed by atoms with E-state index < -0.39 is 20.6 Å². The molecule has 0 radical (unpaired) electrons. The van der Waals surface area contributed by atoms with Gasteiger partial charge in [0.05, 0.1) is 9.82 Å². The molecule has 0 spiro atoms. The average Bonchev–Trinajstić information content (AvgIpc) is 2.50. The van der Waals surface area contributed by atoms with Crippen molar-refractivity contribution in [1.82, 2.24) is 0 Å². The Bertz CT molecular complexity index is 823. The van der Waals surface area contributed by atoms with E-state index in [4.69, 9.17) is 5.14 Å². The van der Waals surface area contributed by atoms with E-state index >= 15 is 0 Å². The van der Waals surface area contributed by atoms with Gasteiger partial charge in [0.2, 0.25) is 10.0 Å². The number of nitro benzene ring substituents is 1. The van der Waals surface area contributed by atoms with E-state index in [9.17, 15) is 18.5 Å². The van der Waals surface area contributed by atoms with Crippen LogP contribution in [0, 0.1) is 10.1 Å². The molecule has 0 saturated heterocycles. The number of nitrogens with zero attached hydrogens (tertiary/aromatic N) is 2. The van der Waals surface area contributed by atoms with E-state index in [1.54, 1.807) is 6.08 Å². The maximum absolute atomic E-state index is 11.3. The van der Waals surface area contributed by atoms with Gasteiger partial charge in [-0.1, -0.05) is 17.2 Å². The lowest BCUT2D eigenvalue weighted by atomic mass is 10.1. The van der Waals surface area contributed by atoms with Crippen LogP contribution in [-0.2, 0) is 10.0 Å². The summed E-state index contributed by atoms with van der Waals surface area (Å²) in [6, 6.07) is 3.33. The van der Waals surface area contributed by atoms with Gasteiger partial charge in [0.25, 0.3) is 5.69 Å². The molecule has 0 unspecified atom stereocenters. The summed E-state index contributed by atoms with van der Waals surface area (Å²) in [5.41, 5.74) is 4.56. The van der Waals surface area contributed by atoms with Crippen LogP contribution in [0.1, 0.15) is 33.6 Å². The van der Waals surface area contributed by atoms with Gasteiger partial charge in [-0.3, -0.25) is 15.5 Å². The molecule has 0 bridgehead atoms. The molecule has 0 saturated carbocycles. The largest absolute Gasteiger partial charge is 0.295 e. The topological polar surface area (TPSA) is 128 Å². The second kappa shape index (κ2) is 9.09. The van der Waals surface area contributed by atoms with Gasteiger partial charge in [0.1, 0.15) is 5.69 Å². The van der Waals surface area contributed by atoms with Crippen molar-refractivity contribution < 1.29 is 13.3 Å². The number of anilines is 1. The number of allylic oxidation sites excluding steroid dienone is 4. The number of hydrazone groups is 1. The highest BCUT2D eigenvalue weighted by atomic mass is 32.2. The summed E-state index contributed by atoms with van der Waals surface area (Å²) in [7, 11) is -4.01. The molecule has 1 aromatic rings. The summed E-state index contributed by atoms with van der Waals surface area (Å²) < 4.78 is 22.6. The highest BCUT2D eigenvalue weighted by Crippen LogP contribution is 2.27. The molecule has 136 valence electrons. The SMILES string of the molecule is CC(C)=CCCC(C)=CC=NNc1ccc(S(N)(=O)=O)cc1[N+](=O)[O-]. The number of benzene rings is 1. The molecule has 0 aliphatic heterocycles. The first kappa shape index (κ1) is 20.5. The van der Waals surface area contributed by atoms with Gasteiger partial charge in [0.15, 0.2) is 0 Å². The van der Waals surface area contributed by atoms with Gasteiger partial charge in [0, 0.05) is 12.3 Å². The molecular weight excluding hydrogens is 344 g/mol. The minimum Gasteiger partial charge on any atom is -0.272 e. The first-order valence-electron chi connectivity index (χ1n) is 7.50. The molecule has 0 heterocycles. The Morgan fingerprint density at radius 3 is 2.60 bits per heavy atom. The zero-order valence-corrected chi connectivity index (χ0v) is 15.2. The first-order valence-corrected chi connectivity index (χ1v) is 9.05. The summed E-state index contributed by atoms with van der Waals surface area (Å²) >= 11 is 0.